The summed E-state index contributed by atoms with van der Waals surface area (Å²) < 4.78 is 36.8. The van der Waals surface area contributed by atoms with Crippen molar-refractivity contribution in [2.24, 2.45) is 5.41 Å². The molecule has 0 radical (unpaired) electrons. The van der Waals surface area contributed by atoms with Gasteiger partial charge < -0.3 is 5.32 Å². The van der Waals surface area contributed by atoms with Crippen LogP contribution in [0.5, 0.6) is 0 Å². The van der Waals surface area contributed by atoms with Crippen molar-refractivity contribution in [1.29, 1.82) is 0 Å². The van der Waals surface area contributed by atoms with E-state index in [0.29, 0.717) is 17.7 Å². The highest BCUT2D eigenvalue weighted by Gasteiger charge is 2.36. The van der Waals surface area contributed by atoms with Crippen LogP contribution >= 0.6 is 0 Å². The molecule has 94 valence electrons. The lowest BCUT2D eigenvalue weighted by atomic mass is 10.1. The molecule has 1 fully saturated rings. The Labute approximate surface area is 98.2 Å². The van der Waals surface area contributed by atoms with E-state index in [1.165, 1.54) is 18.9 Å². The summed E-state index contributed by atoms with van der Waals surface area (Å²) in [5.74, 6) is 0. The third kappa shape index (κ3) is 3.43. The first kappa shape index (κ1) is 12.4. The van der Waals surface area contributed by atoms with Gasteiger partial charge in [-0.05, 0) is 30.4 Å². The summed E-state index contributed by atoms with van der Waals surface area (Å²) in [6.45, 7) is 3.61. The second-order valence-electron chi connectivity index (χ2n) is 4.95. The molecule has 0 atom stereocenters. The molecular formula is C12H15F3N2. The lowest BCUT2D eigenvalue weighted by Gasteiger charge is -2.10. The minimum atomic E-state index is -4.31. The van der Waals surface area contributed by atoms with E-state index < -0.39 is 11.7 Å². The second kappa shape index (κ2) is 4.29. The van der Waals surface area contributed by atoms with Crippen LogP contribution < -0.4 is 5.32 Å². The Kier molecular flexibility index (Phi) is 3.12. The number of rotatable bonds is 4. The van der Waals surface area contributed by atoms with Crippen molar-refractivity contribution < 1.29 is 13.2 Å². The first-order valence-corrected chi connectivity index (χ1v) is 5.62. The summed E-state index contributed by atoms with van der Waals surface area (Å²) >= 11 is 0. The lowest BCUT2D eigenvalue weighted by Crippen LogP contribution is -2.22. The fourth-order valence-corrected chi connectivity index (χ4v) is 1.58. The van der Waals surface area contributed by atoms with Crippen LogP contribution in [0.3, 0.4) is 0 Å². The van der Waals surface area contributed by atoms with E-state index in [0.717, 1.165) is 18.8 Å². The van der Waals surface area contributed by atoms with E-state index in [4.69, 9.17) is 0 Å². The molecule has 1 aliphatic rings. The van der Waals surface area contributed by atoms with E-state index in [1.54, 1.807) is 0 Å². The fourth-order valence-electron chi connectivity index (χ4n) is 1.58. The molecule has 2 nitrogen and oxygen atoms in total. The van der Waals surface area contributed by atoms with Crippen LogP contribution in [-0.2, 0) is 12.7 Å². The Hall–Kier alpha value is -1.10. The predicted octanol–water partition coefficient (Wildman–Crippen LogP) is 2.99. The fraction of sp³-hybridized carbons (Fsp3) is 0.583. The van der Waals surface area contributed by atoms with Crippen molar-refractivity contribution in [3.05, 3.63) is 29.6 Å². The van der Waals surface area contributed by atoms with E-state index >= 15 is 0 Å². The molecule has 1 heterocycles. The van der Waals surface area contributed by atoms with Crippen LogP contribution in [0.2, 0.25) is 0 Å². The Morgan fingerprint density at radius 3 is 2.53 bits per heavy atom. The largest absolute Gasteiger partial charge is 0.417 e. The van der Waals surface area contributed by atoms with Gasteiger partial charge in [0.2, 0.25) is 0 Å². The highest BCUT2D eigenvalue weighted by atomic mass is 19.4. The number of pyridine rings is 1. The molecule has 1 aromatic heterocycles. The molecule has 0 unspecified atom stereocenters. The third-order valence-electron chi connectivity index (χ3n) is 3.11. The van der Waals surface area contributed by atoms with Crippen molar-refractivity contribution in [3.63, 3.8) is 0 Å². The number of hydrogen-bond donors (Lipinski definition) is 1. The lowest BCUT2D eigenvalue weighted by molar-refractivity contribution is -0.137. The van der Waals surface area contributed by atoms with Crippen LogP contribution in [0.25, 0.3) is 0 Å². The molecule has 1 N–H and O–H groups in total. The van der Waals surface area contributed by atoms with Crippen LogP contribution in [0, 0.1) is 5.41 Å². The van der Waals surface area contributed by atoms with Gasteiger partial charge in [0.15, 0.2) is 0 Å². The molecule has 1 aromatic rings. The topological polar surface area (TPSA) is 24.9 Å². The quantitative estimate of drug-likeness (QED) is 0.880. The molecule has 5 heteroatoms. The van der Waals surface area contributed by atoms with Crippen molar-refractivity contribution in [3.8, 4) is 0 Å². The van der Waals surface area contributed by atoms with Gasteiger partial charge in [-0.15, -0.1) is 0 Å². The number of nitrogens with zero attached hydrogens (tertiary/aromatic N) is 1. The molecule has 2 rings (SSSR count). The summed E-state index contributed by atoms with van der Waals surface area (Å²) in [6, 6.07) is 2.49. The molecule has 0 bridgehead atoms. The zero-order chi connectivity index (χ0) is 12.5. The Bertz CT molecular complexity index is 380. The SMILES string of the molecule is CC1(CNCc2ccc(C(F)(F)F)cn2)CC1. The molecule has 0 aliphatic heterocycles. The van der Waals surface area contributed by atoms with E-state index in [2.05, 4.69) is 17.2 Å². The van der Waals surface area contributed by atoms with E-state index in [-0.39, 0.29) is 0 Å². The van der Waals surface area contributed by atoms with Gasteiger partial charge in [0.05, 0.1) is 11.3 Å². The molecule has 0 spiro atoms. The number of nitrogens with one attached hydrogen (secondary N) is 1. The highest BCUT2D eigenvalue weighted by molar-refractivity contribution is 5.16. The van der Waals surface area contributed by atoms with Gasteiger partial charge in [0, 0.05) is 19.3 Å². The molecular weight excluding hydrogens is 229 g/mol. The Morgan fingerprint density at radius 1 is 1.35 bits per heavy atom. The molecule has 17 heavy (non-hydrogen) atoms. The van der Waals surface area contributed by atoms with Crippen molar-refractivity contribution in [2.75, 3.05) is 6.54 Å². The zero-order valence-electron chi connectivity index (χ0n) is 9.64. The van der Waals surface area contributed by atoms with Crippen molar-refractivity contribution in [1.82, 2.24) is 10.3 Å². The molecule has 0 amide bonds. The van der Waals surface area contributed by atoms with Gasteiger partial charge in [-0.25, -0.2) is 0 Å². The number of aromatic nitrogens is 1. The van der Waals surface area contributed by atoms with Gasteiger partial charge in [-0.3, -0.25) is 4.98 Å². The summed E-state index contributed by atoms with van der Waals surface area (Å²) in [6.07, 6.45) is -0.975. The minimum absolute atomic E-state index is 0.395. The molecule has 1 aliphatic carbocycles. The number of hydrogen-bond acceptors (Lipinski definition) is 2. The standard InChI is InChI=1S/C12H15F3N2/c1-11(4-5-11)8-16-7-10-3-2-9(6-17-10)12(13,14)15/h2-3,6,16H,4-5,7-8H2,1H3. The van der Waals surface area contributed by atoms with Gasteiger partial charge in [0.25, 0.3) is 0 Å². The van der Waals surface area contributed by atoms with Crippen LogP contribution in [0.15, 0.2) is 18.3 Å². The van der Waals surface area contributed by atoms with Gasteiger partial charge in [0.1, 0.15) is 0 Å². The summed E-state index contributed by atoms with van der Waals surface area (Å²) in [4.78, 5) is 3.80. The molecule has 0 saturated heterocycles. The zero-order valence-corrected chi connectivity index (χ0v) is 9.64. The van der Waals surface area contributed by atoms with Crippen molar-refractivity contribution >= 4 is 0 Å². The van der Waals surface area contributed by atoms with Crippen molar-refractivity contribution in [2.45, 2.75) is 32.5 Å². The first-order valence-electron chi connectivity index (χ1n) is 5.62. The molecule has 0 aromatic carbocycles. The first-order chi connectivity index (χ1) is 7.89. The van der Waals surface area contributed by atoms with E-state index in [1.807, 2.05) is 0 Å². The average molecular weight is 244 g/mol. The maximum absolute atomic E-state index is 12.3. The average Bonchev–Trinajstić information content (AvgIpc) is 2.96. The summed E-state index contributed by atoms with van der Waals surface area (Å²) in [5, 5.41) is 3.22. The molecule has 1 saturated carbocycles. The third-order valence-corrected chi connectivity index (χ3v) is 3.11. The van der Waals surface area contributed by atoms with Crippen LogP contribution in [-0.4, -0.2) is 11.5 Å². The minimum Gasteiger partial charge on any atom is -0.311 e. The summed E-state index contributed by atoms with van der Waals surface area (Å²) in [5.41, 5.74) is 0.337. The van der Waals surface area contributed by atoms with Crippen LogP contribution in [0.4, 0.5) is 13.2 Å². The maximum atomic E-state index is 12.3. The second-order valence-corrected chi connectivity index (χ2v) is 4.95. The predicted molar refractivity (Wildman–Crippen MR) is 58.3 cm³/mol. The smallest absolute Gasteiger partial charge is 0.311 e. The number of alkyl halides is 3. The number of halogens is 3. The van der Waals surface area contributed by atoms with Crippen LogP contribution in [0.1, 0.15) is 31.0 Å². The Balaban J connectivity index is 1.85. The maximum Gasteiger partial charge on any atom is 0.417 e. The van der Waals surface area contributed by atoms with Gasteiger partial charge in [-0.1, -0.05) is 6.92 Å². The van der Waals surface area contributed by atoms with Gasteiger partial charge in [-0.2, -0.15) is 13.2 Å². The normalized spacial score (nSPS) is 18.1. The van der Waals surface area contributed by atoms with E-state index in [9.17, 15) is 13.2 Å². The summed E-state index contributed by atoms with van der Waals surface area (Å²) in [7, 11) is 0. The highest BCUT2D eigenvalue weighted by Crippen LogP contribution is 2.44. The Morgan fingerprint density at radius 2 is 2.06 bits per heavy atom. The monoisotopic (exact) mass is 244 g/mol. The van der Waals surface area contributed by atoms with Gasteiger partial charge >= 0.3 is 6.18 Å².